The van der Waals surface area contributed by atoms with Gasteiger partial charge in [-0.1, -0.05) is 11.6 Å². The van der Waals surface area contributed by atoms with Crippen LogP contribution in [0.2, 0.25) is 5.02 Å². The van der Waals surface area contributed by atoms with Gasteiger partial charge in [0.15, 0.2) is 11.5 Å². The highest BCUT2D eigenvalue weighted by molar-refractivity contribution is 6.32. The van der Waals surface area contributed by atoms with Crippen molar-refractivity contribution in [3.05, 3.63) is 46.2 Å². The Hall–Kier alpha value is -1.61. The van der Waals surface area contributed by atoms with Gasteiger partial charge in [-0.25, -0.2) is 0 Å². The summed E-state index contributed by atoms with van der Waals surface area (Å²) in [7, 11) is 0. The highest BCUT2D eigenvalue weighted by Gasteiger charge is 2.26. The number of benzene rings is 1. The predicted octanol–water partition coefficient (Wildman–Crippen LogP) is 2.64. The van der Waals surface area contributed by atoms with E-state index in [1.165, 1.54) is 12.1 Å². The van der Waals surface area contributed by atoms with Crippen LogP contribution in [-0.2, 0) is 4.74 Å². The summed E-state index contributed by atoms with van der Waals surface area (Å²) in [5.41, 5.74) is 0.682. The zero-order chi connectivity index (χ0) is 11.7. The number of hydrogen-bond donors (Lipinski definition) is 0. The van der Waals surface area contributed by atoms with Crippen molar-refractivity contribution in [1.82, 2.24) is 0 Å². The second kappa shape index (κ2) is 4.10. The second-order valence-electron chi connectivity index (χ2n) is 3.32. The molecule has 1 aliphatic carbocycles. The van der Waals surface area contributed by atoms with Gasteiger partial charge in [-0.3, -0.25) is 9.59 Å². The fourth-order valence-corrected chi connectivity index (χ4v) is 1.75. The Labute approximate surface area is 97.7 Å². The van der Waals surface area contributed by atoms with Crippen molar-refractivity contribution in [2.45, 2.75) is 6.92 Å². The minimum atomic E-state index is -0.270. The number of fused-ring (bicyclic) bond motifs is 1. The Balaban J connectivity index is 2.51. The first kappa shape index (κ1) is 10.9. The van der Waals surface area contributed by atoms with Crippen LogP contribution in [-0.4, -0.2) is 18.2 Å². The maximum absolute atomic E-state index is 11.9. The fraction of sp³-hybridized carbons (Fsp3) is 0.167. The van der Waals surface area contributed by atoms with Gasteiger partial charge < -0.3 is 4.74 Å². The number of rotatable bonds is 2. The number of carbonyl (C=O) groups excluding carboxylic acids is 2. The van der Waals surface area contributed by atoms with Crippen LogP contribution in [0.5, 0.6) is 0 Å². The van der Waals surface area contributed by atoms with Crippen molar-refractivity contribution in [2.75, 3.05) is 6.61 Å². The Bertz CT molecular complexity index is 503. The van der Waals surface area contributed by atoms with Crippen molar-refractivity contribution in [3.8, 4) is 0 Å². The minimum Gasteiger partial charge on any atom is -0.490 e. The molecule has 0 saturated heterocycles. The molecule has 0 heterocycles. The van der Waals surface area contributed by atoms with E-state index in [1.807, 2.05) is 0 Å². The van der Waals surface area contributed by atoms with Crippen LogP contribution < -0.4 is 0 Å². The van der Waals surface area contributed by atoms with E-state index in [2.05, 4.69) is 0 Å². The Morgan fingerprint density at radius 2 is 2.00 bits per heavy atom. The van der Waals surface area contributed by atoms with Crippen LogP contribution >= 0.6 is 11.6 Å². The molecule has 16 heavy (non-hydrogen) atoms. The summed E-state index contributed by atoms with van der Waals surface area (Å²) in [5, 5.41) is 0.438. The van der Waals surface area contributed by atoms with Gasteiger partial charge >= 0.3 is 0 Å². The third kappa shape index (κ3) is 1.74. The lowest BCUT2D eigenvalue weighted by Crippen LogP contribution is -2.18. The van der Waals surface area contributed by atoms with E-state index in [4.69, 9.17) is 16.3 Å². The molecular weight excluding hydrogens is 228 g/mol. The van der Waals surface area contributed by atoms with Crippen LogP contribution in [0.25, 0.3) is 0 Å². The highest BCUT2D eigenvalue weighted by atomic mass is 35.5. The van der Waals surface area contributed by atoms with Gasteiger partial charge in [0.05, 0.1) is 6.61 Å². The SMILES string of the molecule is CCOC1=CC(=O)c2cc(Cl)ccc2C1=O. The average Bonchev–Trinajstić information content (AvgIpc) is 2.26. The molecule has 2 rings (SSSR count). The zero-order valence-electron chi connectivity index (χ0n) is 8.62. The molecule has 3 nitrogen and oxygen atoms in total. The monoisotopic (exact) mass is 236 g/mol. The van der Waals surface area contributed by atoms with Gasteiger partial charge in [0.1, 0.15) is 0 Å². The number of halogens is 1. The molecule has 1 aromatic carbocycles. The van der Waals surface area contributed by atoms with E-state index >= 15 is 0 Å². The van der Waals surface area contributed by atoms with Gasteiger partial charge in [0, 0.05) is 22.2 Å². The molecule has 4 heteroatoms. The summed E-state index contributed by atoms with van der Waals surface area (Å²) in [6.45, 7) is 2.11. The highest BCUT2D eigenvalue weighted by Crippen LogP contribution is 2.24. The lowest BCUT2D eigenvalue weighted by Gasteiger charge is -2.14. The van der Waals surface area contributed by atoms with E-state index in [0.29, 0.717) is 22.8 Å². The quantitative estimate of drug-likeness (QED) is 0.793. The molecule has 0 spiro atoms. The molecule has 82 valence electrons. The Kier molecular flexibility index (Phi) is 2.79. The third-order valence-corrected chi connectivity index (χ3v) is 2.51. The third-order valence-electron chi connectivity index (χ3n) is 2.28. The molecule has 0 aliphatic heterocycles. The number of Topliss-reactive ketones (excluding diaryl/α,β-unsaturated/α-hetero) is 1. The molecule has 0 bridgehead atoms. The molecular formula is C12H9ClO3. The summed E-state index contributed by atoms with van der Waals surface area (Å²) < 4.78 is 5.11. The molecule has 1 aromatic rings. The van der Waals surface area contributed by atoms with E-state index in [1.54, 1.807) is 19.1 Å². The van der Waals surface area contributed by atoms with E-state index in [0.717, 1.165) is 0 Å². The van der Waals surface area contributed by atoms with Crippen molar-refractivity contribution in [3.63, 3.8) is 0 Å². The van der Waals surface area contributed by atoms with Gasteiger partial charge in [0.2, 0.25) is 5.78 Å². The second-order valence-corrected chi connectivity index (χ2v) is 3.76. The van der Waals surface area contributed by atoms with Crippen molar-refractivity contribution in [2.24, 2.45) is 0 Å². The maximum atomic E-state index is 11.9. The first-order valence-corrected chi connectivity index (χ1v) is 5.24. The number of carbonyl (C=O) groups is 2. The largest absolute Gasteiger partial charge is 0.490 e. The normalized spacial score (nSPS) is 14.5. The van der Waals surface area contributed by atoms with Crippen LogP contribution in [0.3, 0.4) is 0 Å². The first-order valence-electron chi connectivity index (χ1n) is 4.86. The molecule has 0 atom stereocenters. The van der Waals surface area contributed by atoms with Crippen LogP contribution in [0.4, 0.5) is 0 Å². The summed E-state index contributed by atoms with van der Waals surface area (Å²) in [6.07, 6.45) is 1.21. The molecule has 0 amide bonds. The molecule has 0 fully saturated rings. The molecule has 0 aromatic heterocycles. The van der Waals surface area contributed by atoms with E-state index < -0.39 is 0 Å². The van der Waals surface area contributed by atoms with Gasteiger partial charge in [-0.05, 0) is 25.1 Å². The number of allylic oxidation sites excluding steroid dienone is 2. The first-order chi connectivity index (χ1) is 7.63. The van der Waals surface area contributed by atoms with E-state index in [9.17, 15) is 9.59 Å². The lowest BCUT2D eigenvalue weighted by atomic mass is 9.94. The standard InChI is InChI=1S/C12H9ClO3/c1-2-16-11-6-10(14)9-5-7(13)3-4-8(9)12(11)15/h3-6H,2H2,1H3. The Morgan fingerprint density at radius 3 is 2.69 bits per heavy atom. The van der Waals surface area contributed by atoms with Crippen LogP contribution in [0.1, 0.15) is 27.6 Å². The van der Waals surface area contributed by atoms with Crippen molar-refractivity contribution < 1.29 is 14.3 Å². The van der Waals surface area contributed by atoms with Gasteiger partial charge in [0.25, 0.3) is 0 Å². The molecule has 0 saturated carbocycles. The smallest absolute Gasteiger partial charge is 0.228 e. The number of ether oxygens (including phenoxy) is 1. The minimum absolute atomic E-state index is 0.0994. The molecule has 1 aliphatic rings. The van der Waals surface area contributed by atoms with Gasteiger partial charge in [-0.15, -0.1) is 0 Å². The zero-order valence-corrected chi connectivity index (χ0v) is 9.38. The predicted molar refractivity (Wildman–Crippen MR) is 59.8 cm³/mol. The summed E-state index contributed by atoms with van der Waals surface area (Å²) in [5.74, 6) is -0.420. The van der Waals surface area contributed by atoms with Crippen LogP contribution in [0, 0.1) is 0 Å². The Morgan fingerprint density at radius 1 is 1.25 bits per heavy atom. The van der Waals surface area contributed by atoms with E-state index in [-0.39, 0.29) is 17.3 Å². The van der Waals surface area contributed by atoms with Crippen LogP contribution in [0.15, 0.2) is 30.0 Å². The molecule has 0 unspecified atom stereocenters. The fourth-order valence-electron chi connectivity index (χ4n) is 1.58. The summed E-state index contributed by atoms with van der Waals surface area (Å²) in [6, 6.07) is 4.63. The summed E-state index contributed by atoms with van der Waals surface area (Å²) in [4.78, 5) is 23.6. The van der Waals surface area contributed by atoms with Gasteiger partial charge in [-0.2, -0.15) is 0 Å². The number of hydrogen-bond acceptors (Lipinski definition) is 3. The lowest BCUT2D eigenvalue weighted by molar-refractivity contribution is 0.0892. The molecule has 0 N–H and O–H groups in total. The molecule has 0 radical (unpaired) electrons. The average molecular weight is 237 g/mol. The van der Waals surface area contributed by atoms with Crippen molar-refractivity contribution >= 4 is 23.2 Å². The summed E-state index contributed by atoms with van der Waals surface area (Å²) >= 11 is 5.77. The van der Waals surface area contributed by atoms with Crippen molar-refractivity contribution in [1.29, 1.82) is 0 Å². The topological polar surface area (TPSA) is 43.4 Å². The number of ketones is 2. The maximum Gasteiger partial charge on any atom is 0.228 e.